The molecule has 20 heavy (non-hydrogen) atoms. The maximum Gasteiger partial charge on any atom is 0.240 e. The molecule has 0 saturated carbocycles. The predicted molar refractivity (Wildman–Crippen MR) is 74.5 cm³/mol. The van der Waals surface area contributed by atoms with Gasteiger partial charge >= 0.3 is 0 Å². The predicted octanol–water partition coefficient (Wildman–Crippen LogP) is 3.21. The van der Waals surface area contributed by atoms with Gasteiger partial charge in [-0.1, -0.05) is 22.0 Å². The van der Waals surface area contributed by atoms with Gasteiger partial charge in [0.15, 0.2) is 11.6 Å². The van der Waals surface area contributed by atoms with Crippen LogP contribution in [0.15, 0.2) is 51.8 Å². The molecular weight excluding hydrogens is 352 g/mol. The Balaban J connectivity index is 2.13. The molecule has 106 valence electrons. The highest BCUT2D eigenvalue weighted by Gasteiger charge is 2.13. The van der Waals surface area contributed by atoms with Crippen LogP contribution in [0, 0.1) is 11.6 Å². The van der Waals surface area contributed by atoms with Crippen molar-refractivity contribution in [3.05, 3.63) is 64.1 Å². The summed E-state index contributed by atoms with van der Waals surface area (Å²) in [7, 11) is -3.69. The first kappa shape index (κ1) is 15.1. The van der Waals surface area contributed by atoms with Crippen LogP contribution in [0.1, 0.15) is 5.56 Å². The minimum absolute atomic E-state index is 0.100. The third kappa shape index (κ3) is 3.62. The first-order valence-electron chi connectivity index (χ1n) is 5.58. The molecule has 0 fully saturated rings. The molecule has 0 aliphatic heterocycles. The monoisotopic (exact) mass is 361 g/mol. The molecule has 1 N–H and O–H groups in total. The van der Waals surface area contributed by atoms with Crippen molar-refractivity contribution in [2.75, 3.05) is 0 Å². The van der Waals surface area contributed by atoms with Gasteiger partial charge in [-0.2, -0.15) is 0 Å². The van der Waals surface area contributed by atoms with Crippen molar-refractivity contribution in [2.24, 2.45) is 0 Å². The van der Waals surface area contributed by atoms with Gasteiger partial charge < -0.3 is 0 Å². The lowest BCUT2D eigenvalue weighted by molar-refractivity contribution is 0.506. The van der Waals surface area contributed by atoms with E-state index in [1.807, 2.05) is 0 Å². The van der Waals surface area contributed by atoms with Gasteiger partial charge in [0.25, 0.3) is 0 Å². The fraction of sp³-hybridized carbons (Fsp3) is 0.0769. The van der Waals surface area contributed by atoms with Crippen LogP contribution in [0.3, 0.4) is 0 Å². The number of halogens is 3. The van der Waals surface area contributed by atoms with Crippen molar-refractivity contribution in [3.63, 3.8) is 0 Å². The maximum absolute atomic E-state index is 13.0. The zero-order valence-corrected chi connectivity index (χ0v) is 12.5. The van der Waals surface area contributed by atoms with Gasteiger partial charge in [-0.05, 0) is 42.0 Å². The molecule has 0 atom stereocenters. The largest absolute Gasteiger partial charge is 0.240 e. The smallest absolute Gasteiger partial charge is 0.207 e. The molecule has 0 radical (unpaired) electrons. The van der Waals surface area contributed by atoms with Crippen LogP contribution in [0.2, 0.25) is 0 Å². The normalized spacial score (nSPS) is 11.6. The fourth-order valence-corrected chi connectivity index (χ4v) is 2.81. The molecule has 2 rings (SSSR count). The molecule has 0 aliphatic rings. The first-order valence-corrected chi connectivity index (χ1v) is 7.85. The zero-order chi connectivity index (χ0) is 14.8. The van der Waals surface area contributed by atoms with Crippen molar-refractivity contribution in [2.45, 2.75) is 11.4 Å². The van der Waals surface area contributed by atoms with E-state index in [0.717, 1.165) is 16.6 Å². The second-order valence-electron chi connectivity index (χ2n) is 4.03. The Hall–Kier alpha value is -1.31. The number of benzene rings is 2. The second-order valence-corrected chi connectivity index (χ2v) is 6.71. The molecule has 2 aromatic carbocycles. The standard InChI is InChI=1S/C13H10BrF2NO2S/c14-10-2-4-11(5-3-10)20(18,19)17-8-9-1-6-12(15)13(16)7-9/h1-7,17H,8H2. The van der Waals surface area contributed by atoms with Gasteiger partial charge in [0.2, 0.25) is 10.0 Å². The maximum atomic E-state index is 13.0. The minimum Gasteiger partial charge on any atom is -0.207 e. The van der Waals surface area contributed by atoms with Gasteiger partial charge in [0, 0.05) is 11.0 Å². The van der Waals surface area contributed by atoms with Crippen LogP contribution in [-0.2, 0) is 16.6 Å². The Kier molecular flexibility index (Phi) is 4.52. The summed E-state index contributed by atoms with van der Waals surface area (Å²) in [6.45, 7) is -0.115. The molecule has 2 aromatic rings. The molecule has 0 heterocycles. The van der Waals surface area contributed by atoms with E-state index in [4.69, 9.17) is 0 Å². The topological polar surface area (TPSA) is 46.2 Å². The van der Waals surface area contributed by atoms with E-state index >= 15 is 0 Å². The SMILES string of the molecule is O=S(=O)(NCc1ccc(F)c(F)c1)c1ccc(Br)cc1. The van der Waals surface area contributed by atoms with Crippen molar-refractivity contribution in [1.29, 1.82) is 0 Å². The molecule has 0 unspecified atom stereocenters. The third-order valence-corrected chi connectivity index (χ3v) is 4.52. The molecule has 3 nitrogen and oxygen atoms in total. The van der Waals surface area contributed by atoms with Crippen LogP contribution in [-0.4, -0.2) is 8.42 Å². The summed E-state index contributed by atoms with van der Waals surface area (Å²) in [6, 6.07) is 9.33. The number of sulfonamides is 1. The van der Waals surface area contributed by atoms with E-state index in [9.17, 15) is 17.2 Å². The van der Waals surface area contributed by atoms with E-state index in [1.165, 1.54) is 18.2 Å². The van der Waals surface area contributed by atoms with Crippen LogP contribution in [0.4, 0.5) is 8.78 Å². The zero-order valence-electron chi connectivity index (χ0n) is 10.1. The van der Waals surface area contributed by atoms with Gasteiger partial charge in [-0.25, -0.2) is 21.9 Å². The molecule has 0 bridgehead atoms. The molecule has 7 heteroatoms. The Morgan fingerprint density at radius 2 is 1.65 bits per heavy atom. The minimum atomic E-state index is -3.69. The van der Waals surface area contributed by atoms with Crippen LogP contribution < -0.4 is 4.72 Å². The molecule has 0 amide bonds. The highest BCUT2D eigenvalue weighted by Crippen LogP contribution is 2.15. The number of rotatable bonds is 4. The lowest BCUT2D eigenvalue weighted by atomic mass is 10.2. The molecular formula is C13H10BrF2NO2S. The summed E-state index contributed by atoms with van der Waals surface area (Å²) in [5.74, 6) is -1.98. The summed E-state index contributed by atoms with van der Waals surface area (Å²) < 4.78 is 52.8. The van der Waals surface area contributed by atoms with Crippen LogP contribution in [0.25, 0.3) is 0 Å². The van der Waals surface area contributed by atoms with E-state index < -0.39 is 21.7 Å². The van der Waals surface area contributed by atoms with Crippen molar-refractivity contribution < 1.29 is 17.2 Å². The Labute approximate surface area is 123 Å². The lowest BCUT2D eigenvalue weighted by Gasteiger charge is -2.07. The third-order valence-electron chi connectivity index (χ3n) is 2.57. The lowest BCUT2D eigenvalue weighted by Crippen LogP contribution is -2.23. The molecule has 0 aliphatic carbocycles. The van der Waals surface area contributed by atoms with Crippen LogP contribution in [0.5, 0.6) is 0 Å². The highest BCUT2D eigenvalue weighted by molar-refractivity contribution is 9.10. The molecule has 0 saturated heterocycles. The van der Waals surface area contributed by atoms with E-state index in [2.05, 4.69) is 20.7 Å². The second kappa shape index (κ2) is 5.99. The quantitative estimate of drug-likeness (QED) is 0.908. The number of hydrogen-bond donors (Lipinski definition) is 1. The van der Waals surface area contributed by atoms with Crippen LogP contribution >= 0.6 is 15.9 Å². The average Bonchev–Trinajstić information content (AvgIpc) is 2.41. The average molecular weight is 362 g/mol. The van der Waals surface area contributed by atoms with Gasteiger partial charge in [0.1, 0.15) is 0 Å². The Morgan fingerprint density at radius 1 is 1.00 bits per heavy atom. The number of hydrogen-bond acceptors (Lipinski definition) is 2. The van der Waals surface area contributed by atoms with Gasteiger partial charge in [0.05, 0.1) is 4.90 Å². The summed E-state index contributed by atoms with van der Waals surface area (Å²) in [5, 5.41) is 0. The van der Waals surface area contributed by atoms with Crippen molar-refractivity contribution >= 4 is 26.0 Å². The van der Waals surface area contributed by atoms with Crippen molar-refractivity contribution in [3.8, 4) is 0 Å². The number of nitrogens with one attached hydrogen (secondary N) is 1. The highest BCUT2D eigenvalue weighted by atomic mass is 79.9. The molecule has 0 aromatic heterocycles. The van der Waals surface area contributed by atoms with E-state index in [-0.39, 0.29) is 11.4 Å². The summed E-state index contributed by atoms with van der Waals surface area (Å²) >= 11 is 3.21. The fourth-order valence-electron chi connectivity index (χ4n) is 1.53. The molecule has 0 spiro atoms. The summed E-state index contributed by atoms with van der Waals surface area (Å²) in [4.78, 5) is 0.100. The van der Waals surface area contributed by atoms with E-state index in [1.54, 1.807) is 12.1 Å². The van der Waals surface area contributed by atoms with Crippen molar-refractivity contribution in [1.82, 2.24) is 4.72 Å². The Bertz CT molecular complexity index is 718. The summed E-state index contributed by atoms with van der Waals surface area (Å²) in [5.41, 5.74) is 0.338. The van der Waals surface area contributed by atoms with Gasteiger partial charge in [-0.15, -0.1) is 0 Å². The van der Waals surface area contributed by atoms with E-state index in [0.29, 0.717) is 5.56 Å². The first-order chi connectivity index (χ1) is 9.38. The van der Waals surface area contributed by atoms with Gasteiger partial charge in [-0.3, -0.25) is 0 Å². The summed E-state index contributed by atoms with van der Waals surface area (Å²) in [6.07, 6.45) is 0. The Morgan fingerprint density at radius 3 is 2.25 bits per heavy atom.